The lowest BCUT2D eigenvalue weighted by Crippen LogP contribution is -2.38. The van der Waals surface area contributed by atoms with E-state index < -0.39 is 0 Å². The van der Waals surface area contributed by atoms with Crippen molar-refractivity contribution < 1.29 is 0 Å². The van der Waals surface area contributed by atoms with Crippen molar-refractivity contribution in [1.29, 1.82) is 0 Å². The summed E-state index contributed by atoms with van der Waals surface area (Å²) in [6, 6.07) is 10.6. The number of hydrogen-bond acceptors (Lipinski definition) is 2. The molecule has 2 rings (SSSR count). The second-order valence-electron chi connectivity index (χ2n) is 7.37. The summed E-state index contributed by atoms with van der Waals surface area (Å²) in [5.74, 6) is 0. The average Bonchev–Trinajstić information content (AvgIpc) is 2.40. The summed E-state index contributed by atoms with van der Waals surface area (Å²) >= 11 is 0. The lowest BCUT2D eigenvalue weighted by atomic mass is 9.86. The molecule has 20 heavy (non-hydrogen) atoms. The van der Waals surface area contributed by atoms with Crippen LogP contribution in [0.1, 0.15) is 70.5 Å². The molecule has 0 bridgehead atoms. The van der Waals surface area contributed by atoms with E-state index in [1.165, 1.54) is 24.0 Å². The fraction of sp³-hybridized carbons (Fsp3) is 0.667. The van der Waals surface area contributed by atoms with Crippen LogP contribution in [-0.4, -0.2) is 12.1 Å². The lowest BCUT2D eigenvalue weighted by Gasteiger charge is -2.30. The minimum Gasteiger partial charge on any atom is -0.328 e. The van der Waals surface area contributed by atoms with Crippen LogP contribution in [-0.2, 0) is 5.41 Å². The first-order valence-electron chi connectivity index (χ1n) is 7.98. The highest BCUT2D eigenvalue weighted by atomic mass is 14.9. The van der Waals surface area contributed by atoms with Gasteiger partial charge >= 0.3 is 0 Å². The maximum atomic E-state index is 5.97. The zero-order chi connectivity index (χ0) is 14.8. The minimum atomic E-state index is 0.231. The molecular formula is C18H30N2. The first-order chi connectivity index (χ1) is 9.36. The topological polar surface area (TPSA) is 38.0 Å². The van der Waals surface area contributed by atoms with Crippen molar-refractivity contribution in [2.45, 2.75) is 76.9 Å². The third kappa shape index (κ3) is 4.07. The van der Waals surface area contributed by atoms with Crippen molar-refractivity contribution in [2.75, 3.05) is 0 Å². The Kier molecular flexibility index (Phi) is 4.87. The van der Waals surface area contributed by atoms with Crippen LogP contribution < -0.4 is 11.1 Å². The highest BCUT2D eigenvalue weighted by molar-refractivity contribution is 5.29. The molecule has 1 aliphatic carbocycles. The van der Waals surface area contributed by atoms with Gasteiger partial charge in [0.1, 0.15) is 0 Å². The molecule has 1 saturated carbocycles. The second-order valence-corrected chi connectivity index (χ2v) is 7.37. The van der Waals surface area contributed by atoms with E-state index in [2.05, 4.69) is 57.3 Å². The Hall–Kier alpha value is -0.860. The zero-order valence-electron chi connectivity index (χ0n) is 13.4. The van der Waals surface area contributed by atoms with E-state index in [-0.39, 0.29) is 5.41 Å². The normalized spacial score (nSPS) is 25.4. The van der Waals surface area contributed by atoms with Gasteiger partial charge < -0.3 is 11.1 Å². The fourth-order valence-corrected chi connectivity index (χ4v) is 3.01. The Balaban J connectivity index is 1.94. The van der Waals surface area contributed by atoms with Crippen LogP contribution in [0, 0.1) is 0 Å². The quantitative estimate of drug-likeness (QED) is 0.877. The van der Waals surface area contributed by atoms with E-state index in [1.807, 2.05) is 0 Å². The van der Waals surface area contributed by atoms with Crippen molar-refractivity contribution in [3.8, 4) is 0 Å². The predicted molar refractivity (Wildman–Crippen MR) is 86.9 cm³/mol. The fourth-order valence-electron chi connectivity index (χ4n) is 3.01. The Bertz CT molecular complexity index is 408. The van der Waals surface area contributed by atoms with Crippen LogP contribution in [0.3, 0.4) is 0 Å². The first kappa shape index (κ1) is 15.5. The van der Waals surface area contributed by atoms with Crippen LogP contribution in [0.25, 0.3) is 0 Å². The lowest BCUT2D eigenvalue weighted by molar-refractivity contribution is 0.322. The number of nitrogens with two attached hydrogens (primary N) is 1. The third-order valence-electron chi connectivity index (χ3n) is 4.53. The van der Waals surface area contributed by atoms with Gasteiger partial charge in [0.2, 0.25) is 0 Å². The van der Waals surface area contributed by atoms with Gasteiger partial charge in [0.15, 0.2) is 0 Å². The molecule has 1 aromatic rings. The maximum Gasteiger partial charge on any atom is 0.0294 e. The molecule has 0 radical (unpaired) electrons. The predicted octanol–water partition coefficient (Wildman–Crippen LogP) is 3.90. The molecule has 1 aromatic carbocycles. The second kappa shape index (κ2) is 6.28. The van der Waals surface area contributed by atoms with Gasteiger partial charge in [-0.3, -0.25) is 0 Å². The van der Waals surface area contributed by atoms with Gasteiger partial charge in [-0.05, 0) is 49.1 Å². The summed E-state index contributed by atoms with van der Waals surface area (Å²) in [5, 5.41) is 3.76. The maximum absolute atomic E-state index is 5.97. The number of rotatable bonds is 3. The van der Waals surface area contributed by atoms with E-state index in [9.17, 15) is 0 Å². The molecule has 1 aliphatic rings. The van der Waals surface area contributed by atoms with Gasteiger partial charge in [-0.25, -0.2) is 0 Å². The molecule has 3 N–H and O–H groups in total. The molecule has 1 atom stereocenters. The molecule has 1 unspecified atom stereocenters. The van der Waals surface area contributed by atoms with Gasteiger partial charge in [0, 0.05) is 18.1 Å². The van der Waals surface area contributed by atoms with Crippen molar-refractivity contribution in [2.24, 2.45) is 5.73 Å². The van der Waals surface area contributed by atoms with Crippen LogP contribution in [0.15, 0.2) is 24.3 Å². The summed E-state index contributed by atoms with van der Waals surface area (Å²) in [4.78, 5) is 0. The van der Waals surface area contributed by atoms with Crippen LogP contribution in [0.4, 0.5) is 0 Å². The molecule has 0 aromatic heterocycles. The molecule has 2 nitrogen and oxygen atoms in total. The van der Waals surface area contributed by atoms with E-state index in [0.29, 0.717) is 18.1 Å². The molecule has 0 saturated heterocycles. The van der Waals surface area contributed by atoms with Gasteiger partial charge in [0.05, 0.1) is 0 Å². The van der Waals surface area contributed by atoms with E-state index in [0.717, 1.165) is 12.8 Å². The van der Waals surface area contributed by atoms with E-state index in [4.69, 9.17) is 5.73 Å². The highest BCUT2D eigenvalue weighted by Crippen LogP contribution is 2.25. The number of nitrogens with one attached hydrogen (secondary N) is 1. The standard InChI is InChI=1S/C18H30N2/c1-13(20-17-11-9-16(19)10-12-17)14-5-7-15(8-6-14)18(2,3)4/h5-8,13,16-17,20H,9-12,19H2,1-4H3. The molecule has 0 heterocycles. The summed E-state index contributed by atoms with van der Waals surface area (Å²) in [6.45, 7) is 9.04. The molecule has 0 aliphatic heterocycles. The summed E-state index contributed by atoms with van der Waals surface area (Å²) in [5.41, 5.74) is 8.98. The number of benzene rings is 1. The van der Waals surface area contributed by atoms with Crippen LogP contribution in [0.5, 0.6) is 0 Å². The van der Waals surface area contributed by atoms with E-state index >= 15 is 0 Å². The van der Waals surface area contributed by atoms with Crippen molar-refractivity contribution in [1.82, 2.24) is 5.32 Å². The SMILES string of the molecule is CC(NC1CCC(N)CC1)c1ccc(C(C)(C)C)cc1. The monoisotopic (exact) mass is 274 g/mol. The Labute approximate surface area is 124 Å². The van der Waals surface area contributed by atoms with Crippen molar-refractivity contribution in [3.05, 3.63) is 35.4 Å². The van der Waals surface area contributed by atoms with Crippen LogP contribution in [0.2, 0.25) is 0 Å². The molecule has 1 fully saturated rings. The Morgan fingerprint density at radius 2 is 1.60 bits per heavy atom. The largest absolute Gasteiger partial charge is 0.328 e. The van der Waals surface area contributed by atoms with E-state index in [1.54, 1.807) is 0 Å². The molecule has 0 spiro atoms. The molecule has 0 amide bonds. The molecule has 2 heteroatoms. The van der Waals surface area contributed by atoms with Gasteiger partial charge in [-0.1, -0.05) is 45.0 Å². The van der Waals surface area contributed by atoms with Crippen molar-refractivity contribution in [3.63, 3.8) is 0 Å². The smallest absolute Gasteiger partial charge is 0.0294 e. The van der Waals surface area contributed by atoms with Crippen molar-refractivity contribution >= 4 is 0 Å². The third-order valence-corrected chi connectivity index (χ3v) is 4.53. The Morgan fingerprint density at radius 1 is 1.05 bits per heavy atom. The number of hydrogen-bond donors (Lipinski definition) is 2. The summed E-state index contributed by atoms with van der Waals surface area (Å²) in [6.07, 6.45) is 4.75. The van der Waals surface area contributed by atoms with Gasteiger partial charge in [-0.15, -0.1) is 0 Å². The molecule has 112 valence electrons. The Morgan fingerprint density at radius 3 is 2.10 bits per heavy atom. The molecular weight excluding hydrogens is 244 g/mol. The van der Waals surface area contributed by atoms with Gasteiger partial charge in [0.25, 0.3) is 0 Å². The van der Waals surface area contributed by atoms with Crippen LogP contribution >= 0.6 is 0 Å². The zero-order valence-corrected chi connectivity index (χ0v) is 13.4. The first-order valence-corrected chi connectivity index (χ1v) is 7.98. The summed E-state index contributed by atoms with van der Waals surface area (Å²) in [7, 11) is 0. The highest BCUT2D eigenvalue weighted by Gasteiger charge is 2.20. The van der Waals surface area contributed by atoms with Gasteiger partial charge in [-0.2, -0.15) is 0 Å². The minimum absolute atomic E-state index is 0.231. The summed E-state index contributed by atoms with van der Waals surface area (Å²) < 4.78 is 0. The average molecular weight is 274 g/mol.